The third-order valence-corrected chi connectivity index (χ3v) is 5.09. The molecule has 0 aliphatic carbocycles. The van der Waals surface area contributed by atoms with Gasteiger partial charge in [-0.15, -0.1) is 23.5 Å². The molecule has 1 aromatic rings. The summed E-state index contributed by atoms with van der Waals surface area (Å²) in [6.07, 6.45) is 2.73. The van der Waals surface area contributed by atoms with E-state index in [1.165, 1.54) is 35.7 Å². The number of hydrogen-bond donors (Lipinski definition) is 1. The van der Waals surface area contributed by atoms with Crippen molar-refractivity contribution in [2.75, 3.05) is 11.5 Å². The Morgan fingerprint density at radius 2 is 2.00 bits per heavy atom. The molecule has 0 radical (unpaired) electrons. The molecular formula is C13H12O4S2. The Balaban J connectivity index is 2.19. The Morgan fingerprint density at radius 1 is 1.32 bits per heavy atom. The molecule has 0 amide bonds. The Hall–Kier alpha value is -1.40. The van der Waals surface area contributed by atoms with Crippen LogP contribution in [0.4, 0.5) is 0 Å². The SMILES string of the molecule is Cc1ccc(/C=C/C(=O)C(C(=O)O)=C2SCCS2)o1. The van der Waals surface area contributed by atoms with E-state index in [4.69, 9.17) is 9.52 Å². The Kier molecular flexibility index (Phi) is 4.55. The summed E-state index contributed by atoms with van der Waals surface area (Å²) in [4.78, 5) is 23.1. The predicted molar refractivity (Wildman–Crippen MR) is 77.1 cm³/mol. The lowest BCUT2D eigenvalue weighted by atomic mass is 10.2. The van der Waals surface area contributed by atoms with Gasteiger partial charge in [0.15, 0.2) is 5.78 Å². The van der Waals surface area contributed by atoms with Gasteiger partial charge in [0, 0.05) is 11.5 Å². The van der Waals surface area contributed by atoms with Crippen LogP contribution in [0.25, 0.3) is 6.08 Å². The van der Waals surface area contributed by atoms with Crippen molar-refractivity contribution in [3.63, 3.8) is 0 Å². The van der Waals surface area contributed by atoms with E-state index in [1.54, 1.807) is 19.1 Å². The number of furan rings is 1. The van der Waals surface area contributed by atoms with Crippen LogP contribution in [0.3, 0.4) is 0 Å². The van der Waals surface area contributed by atoms with Gasteiger partial charge in [0.05, 0.1) is 4.24 Å². The summed E-state index contributed by atoms with van der Waals surface area (Å²) in [5, 5.41) is 9.14. The second-order valence-corrected chi connectivity index (χ2v) is 6.28. The van der Waals surface area contributed by atoms with Crippen LogP contribution in [-0.2, 0) is 9.59 Å². The van der Waals surface area contributed by atoms with Crippen LogP contribution in [0, 0.1) is 6.92 Å². The van der Waals surface area contributed by atoms with E-state index >= 15 is 0 Å². The number of rotatable bonds is 4. The number of thioether (sulfide) groups is 2. The van der Waals surface area contributed by atoms with Crippen LogP contribution in [0.5, 0.6) is 0 Å². The zero-order valence-corrected chi connectivity index (χ0v) is 11.8. The Morgan fingerprint density at radius 3 is 2.53 bits per heavy atom. The van der Waals surface area contributed by atoms with Gasteiger partial charge in [-0.05, 0) is 31.2 Å². The van der Waals surface area contributed by atoms with Crippen molar-refractivity contribution >= 4 is 41.4 Å². The van der Waals surface area contributed by atoms with Gasteiger partial charge in [-0.25, -0.2) is 4.79 Å². The molecule has 19 heavy (non-hydrogen) atoms. The van der Waals surface area contributed by atoms with Gasteiger partial charge in [-0.3, -0.25) is 4.79 Å². The Bertz CT molecular complexity index is 561. The Labute approximate surface area is 118 Å². The highest BCUT2D eigenvalue weighted by molar-refractivity contribution is 8.25. The summed E-state index contributed by atoms with van der Waals surface area (Å²) < 4.78 is 5.88. The highest BCUT2D eigenvalue weighted by atomic mass is 32.2. The number of ketones is 1. The van der Waals surface area contributed by atoms with Crippen molar-refractivity contribution in [2.45, 2.75) is 6.92 Å². The number of carbonyl (C=O) groups excluding carboxylic acids is 1. The molecular weight excluding hydrogens is 284 g/mol. The lowest BCUT2D eigenvalue weighted by molar-refractivity contribution is -0.134. The maximum atomic E-state index is 12.0. The van der Waals surface area contributed by atoms with Crippen molar-refractivity contribution in [2.24, 2.45) is 0 Å². The monoisotopic (exact) mass is 296 g/mol. The highest BCUT2D eigenvalue weighted by Gasteiger charge is 2.24. The first-order chi connectivity index (χ1) is 9.08. The summed E-state index contributed by atoms with van der Waals surface area (Å²) in [6.45, 7) is 1.80. The van der Waals surface area contributed by atoms with E-state index < -0.39 is 11.8 Å². The van der Waals surface area contributed by atoms with Gasteiger partial charge in [0.25, 0.3) is 0 Å². The number of carboxylic acid groups (broad SMARTS) is 1. The van der Waals surface area contributed by atoms with E-state index in [9.17, 15) is 9.59 Å². The third kappa shape index (κ3) is 3.54. The molecule has 1 saturated heterocycles. The quantitative estimate of drug-likeness (QED) is 0.523. The molecule has 2 rings (SSSR count). The molecule has 0 spiro atoms. The zero-order valence-electron chi connectivity index (χ0n) is 10.2. The van der Waals surface area contributed by atoms with Gasteiger partial charge < -0.3 is 9.52 Å². The van der Waals surface area contributed by atoms with Gasteiger partial charge in [-0.1, -0.05) is 0 Å². The maximum absolute atomic E-state index is 12.0. The molecule has 4 nitrogen and oxygen atoms in total. The van der Waals surface area contributed by atoms with Gasteiger partial charge in [0.2, 0.25) is 0 Å². The first-order valence-corrected chi connectivity index (χ1v) is 7.57. The number of hydrogen-bond acceptors (Lipinski definition) is 5. The number of aliphatic carboxylic acids is 1. The first kappa shape index (κ1) is 14.0. The number of aryl methyl sites for hydroxylation is 1. The summed E-state index contributed by atoms with van der Waals surface area (Å²) in [5.41, 5.74) is -0.146. The van der Waals surface area contributed by atoms with Crippen LogP contribution in [0.1, 0.15) is 11.5 Å². The summed E-state index contributed by atoms with van der Waals surface area (Å²) >= 11 is 2.83. The van der Waals surface area contributed by atoms with Gasteiger partial charge in [-0.2, -0.15) is 0 Å². The first-order valence-electron chi connectivity index (χ1n) is 5.60. The number of carboxylic acids is 1. The summed E-state index contributed by atoms with van der Waals surface area (Å²) in [6, 6.07) is 3.51. The molecule has 0 saturated carbocycles. The molecule has 0 unspecified atom stereocenters. The summed E-state index contributed by atoms with van der Waals surface area (Å²) in [7, 11) is 0. The molecule has 100 valence electrons. The molecule has 1 aliphatic rings. The minimum Gasteiger partial charge on any atom is -0.477 e. The zero-order chi connectivity index (χ0) is 13.8. The van der Waals surface area contributed by atoms with Crippen molar-refractivity contribution in [1.29, 1.82) is 0 Å². The van der Waals surface area contributed by atoms with Crippen LogP contribution in [0.15, 0.2) is 32.4 Å². The van der Waals surface area contributed by atoms with Crippen LogP contribution in [0.2, 0.25) is 0 Å². The van der Waals surface area contributed by atoms with Crippen molar-refractivity contribution in [3.05, 3.63) is 39.5 Å². The average Bonchev–Trinajstić information content (AvgIpc) is 2.98. The molecule has 0 aromatic carbocycles. The fourth-order valence-electron chi connectivity index (χ4n) is 1.53. The van der Waals surface area contributed by atoms with Crippen LogP contribution >= 0.6 is 23.5 Å². The third-order valence-electron chi connectivity index (χ3n) is 2.37. The summed E-state index contributed by atoms with van der Waals surface area (Å²) in [5.74, 6) is 1.27. The molecule has 1 fully saturated rings. The molecule has 1 N–H and O–H groups in total. The van der Waals surface area contributed by atoms with E-state index in [1.807, 2.05) is 0 Å². The van der Waals surface area contributed by atoms with Gasteiger partial charge in [0.1, 0.15) is 17.1 Å². The number of carbonyl (C=O) groups is 2. The van der Waals surface area contributed by atoms with E-state index in [0.717, 1.165) is 17.3 Å². The lowest BCUT2D eigenvalue weighted by Crippen LogP contribution is -2.11. The maximum Gasteiger partial charge on any atom is 0.341 e. The molecule has 1 aliphatic heterocycles. The molecule has 1 aromatic heterocycles. The molecule has 2 heterocycles. The van der Waals surface area contributed by atoms with Crippen LogP contribution < -0.4 is 0 Å². The fraction of sp³-hybridized carbons (Fsp3) is 0.231. The molecule has 0 atom stereocenters. The van der Waals surface area contributed by atoms with Gasteiger partial charge >= 0.3 is 5.97 Å². The predicted octanol–water partition coefficient (Wildman–Crippen LogP) is 2.95. The second-order valence-electron chi connectivity index (χ2n) is 3.81. The highest BCUT2D eigenvalue weighted by Crippen LogP contribution is 2.39. The molecule has 0 bridgehead atoms. The average molecular weight is 296 g/mol. The van der Waals surface area contributed by atoms with Crippen molar-refractivity contribution < 1.29 is 19.1 Å². The van der Waals surface area contributed by atoms with Crippen LogP contribution in [-0.4, -0.2) is 28.4 Å². The minimum absolute atomic E-state index is 0.146. The standard InChI is InChI=1S/C13H12O4S2/c1-8-2-3-9(17-8)4-5-10(14)11(12(15)16)13-18-6-7-19-13/h2-5H,6-7H2,1H3,(H,15,16)/b5-4+. The van der Waals surface area contributed by atoms with Crippen molar-refractivity contribution in [1.82, 2.24) is 0 Å². The second kappa shape index (κ2) is 6.16. The van der Waals surface area contributed by atoms with E-state index in [2.05, 4.69) is 0 Å². The molecule has 6 heteroatoms. The fourth-order valence-corrected chi connectivity index (χ4v) is 4.07. The van der Waals surface area contributed by atoms with E-state index in [-0.39, 0.29) is 5.57 Å². The smallest absolute Gasteiger partial charge is 0.341 e. The van der Waals surface area contributed by atoms with E-state index in [0.29, 0.717) is 10.00 Å². The minimum atomic E-state index is -1.18. The number of allylic oxidation sites excluding steroid dienone is 1. The topological polar surface area (TPSA) is 67.5 Å². The normalized spacial score (nSPS) is 15.1. The van der Waals surface area contributed by atoms with Crippen molar-refractivity contribution in [3.8, 4) is 0 Å². The largest absolute Gasteiger partial charge is 0.477 e. The lowest BCUT2D eigenvalue weighted by Gasteiger charge is -2.01.